The normalized spacial score (nSPS) is 15.4. The van der Waals surface area contributed by atoms with Crippen LogP contribution >= 0.6 is 0 Å². The molecule has 1 aromatic carbocycles. The summed E-state index contributed by atoms with van der Waals surface area (Å²) in [5.41, 5.74) is 0.255. The fraction of sp³-hybridized carbons (Fsp3) is 0.529. The fourth-order valence-corrected chi connectivity index (χ4v) is 2.80. The lowest BCUT2D eigenvalue weighted by atomic mass is 10.2. The molecule has 1 aromatic rings. The molecule has 5 nitrogen and oxygen atoms in total. The molecule has 1 aliphatic heterocycles. The maximum atomic E-state index is 13.4. The summed E-state index contributed by atoms with van der Waals surface area (Å²) in [7, 11) is 0. The molecular weight excluding hydrogens is 316 g/mol. The number of halogens is 2. The Hall–Kier alpha value is -2.02. The third-order valence-corrected chi connectivity index (χ3v) is 4.32. The Kier molecular flexibility index (Phi) is 6.25. The van der Waals surface area contributed by atoms with Crippen molar-refractivity contribution < 1.29 is 18.4 Å². The first-order valence-corrected chi connectivity index (χ1v) is 8.15. The van der Waals surface area contributed by atoms with Crippen molar-refractivity contribution in [2.75, 3.05) is 44.2 Å². The molecule has 1 aliphatic rings. The van der Waals surface area contributed by atoms with E-state index in [1.807, 2.05) is 0 Å². The number of piperazine rings is 1. The van der Waals surface area contributed by atoms with Crippen molar-refractivity contribution in [2.24, 2.45) is 0 Å². The van der Waals surface area contributed by atoms with Crippen molar-refractivity contribution in [1.29, 1.82) is 0 Å². The van der Waals surface area contributed by atoms with Crippen LogP contribution in [0.1, 0.15) is 20.3 Å². The molecule has 0 N–H and O–H groups in total. The number of amides is 2. The van der Waals surface area contributed by atoms with Crippen LogP contribution in [0.25, 0.3) is 0 Å². The van der Waals surface area contributed by atoms with Gasteiger partial charge in [0.1, 0.15) is 0 Å². The van der Waals surface area contributed by atoms with Gasteiger partial charge in [0.2, 0.25) is 11.8 Å². The molecule has 0 atom stereocenters. The zero-order chi connectivity index (χ0) is 17.7. The predicted molar refractivity (Wildman–Crippen MR) is 87.7 cm³/mol. The van der Waals surface area contributed by atoms with Gasteiger partial charge in [0.15, 0.2) is 11.6 Å². The summed E-state index contributed by atoms with van der Waals surface area (Å²) in [6.07, 6.45) is 0.157. The summed E-state index contributed by atoms with van der Waals surface area (Å²) >= 11 is 0. The second-order valence-corrected chi connectivity index (χ2v) is 5.83. The van der Waals surface area contributed by atoms with E-state index in [0.717, 1.165) is 31.8 Å². The number of nitrogens with zero attached hydrogens (tertiary/aromatic N) is 3. The standard InChI is InChI=1S/C17H23F2N3O2/c1-3-20-8-10-21(11-9-20)17(24)6-7-22(13(2)23)14-4-5-15(18)16(19)12-14/h4-5,12H,3,6-11H2,1-2H3. The zero-order valence-corrected chi connectivity index (χ0v) is 14.1. The Morgan fingerprint density at radius 3 is 2.33 bits per heavy atom. The van der Waals surface area contributed by atoms with Crippen LogP contribution in [0.3, 0.4) is 0 Å². The van der Waals surface area contributed by atoms with Crippen LogP contribution in [-0.2, 0) is 9.59 Å². The van der Waals surface area contributed by atoms with Crippen molar-refractivity contribution in [3.63, 3.8) is 0 Å². The first-order valence-electron chi connectivity index (χ1n) is 8.15. The van der Waals surface area contributed by atoms with Crippen LogP contribution in [0.5, 0.6) is 0 Å². The third-order valence-electron chi connectivity index (χ3n) is 4.32. The average Bonchev–Trinajstić information content (AvgIpc) is 2.57. The molecule has 2 rings (SSSR count). The van der Waals surface area contributed by atoms with Gasteiger partial charge in [-0.15, -0.1) is 0 Å². The van der Waals surface area contributed by atoms with Gasteiger partial charge in [-0.05, 0) is 18.7 Å². The molecule has 0 aromatic heterocycles. The lowest BCUT2D eigenvalue weighted by Crippen LogP contribution is -2.49. The van der Waals surface area contributed by atoms with Crippen molar-refractivity contribution >= 4 is 17.5 Å². The summed E-state index contributed by atoms with van der Waals surface area (Å²) < 4.78 is 26.4. The highest BCUT2D eigenvalue weighted by Crippen LogP contribution is 2.19. The maximum Gasteiger partial charge on any atom is 0.224 e. The van der Waals surface area contributed by atoms with Gasteiger partial charge in [-0.2, -0.15) is 0 Å². The molecule has 0 aliphatic carbocycles. The Bertz CT molecular complexity index is 601. The molecule has 0 spiro atoms. The quantitative estimate of drug-likeness (QED) is 0.823. The molecule has 24 heavy (non-hydrogen) atoms. The number of hydrogen-bond acceptors (Lipinski definition) is 3. The molecule has 0 saturated carbocycles. The van der Waals surface area contributed by atoms with Gasteiger partial charge in [0.25, 0.3) is 0 Å². The number of carbonyl (C=O) groups is 2. The van der Waals surface area contributed by atoms with Gasteiger partial charge >= 0.3 is 0 Å². The van der Waals surface area contributed by atoms with Crippen molar-refractivity contribution in [2.45, 2.75) is 20.3 Å². The first-order chi connectivity index (χ1) is 11.4. The van der Waals surface area contributed by atoms with E-state index in [1.54, 1.807) is 4.90 Å². The average molecular weight is 339 g/mol. The molecule has 132 valence electrons. The minimum absolute atomic E-state index is 0.0282. The van der Waals surface area contributed by atoms with Crippen LogP contribution in [0.15, 0.2) is 18.2 Å². The topological polar surface area (TPSA) is 43.9 Å². The molecule has 0 bridgehead atoms. The van der Waals surface area contributed by atoms with E-state index >= 15 is 0 Å². The summed E-state index contributed by atoms with van der Waals surface area (Å²) in [6, 6.07) is 3.29. The van der Waals surface area contributed by atoms with E-state index in [0.29, 0.717) is 13.1 Å². The summed E-state index contributed by atoms with van der Waals surface area (Å²) in [4.78, 5) is 29.4. The van der Waals surface area contributed by atoms with E-state index in [9.17, 15) is 18.4 Å². The van der Waals surface area contributed by atoms with Gasteiger partial charge in [-0.25, -0.2) is 8.78 Å². The highest BCUT2D eigenvalue weighted by atomic mass is 19.2. The highest BCUT2D eigenvalue weighted by Gasteiger charge is 2.22. The molecule has 1 saturated heterocycles. The largest absolute Gasteiger partial charge is 0.340 e. The second-order valence-electron chi connectivity index (χ2n) is 5.83. The van der Waals surface area contributed by atoms with Crippen molar-refractivity contribution in [3.8, 4) is 0 Å². The minimum Gasteiger partial charge on any atom is -0.340 e. The first kappa shape index (κ1) is 18.3. The Labute approximate surface area is 140 Å². The Balaban J connectivity index is 1.95. The number of benzene rings is 1. The summed E-state index contributed by atoms with van der Waals surface area (Å²) in [5, 5.41) is 0. The van der Waals surface area contributed by atoms with Gasteiger partial charge in [0, 0.05) is 57.8 Å². The van der Waals surface area contributed by atoms with Crippen LogP contribution in [0, 0.1) is 11.6 Å². The number of carbonyl (C=O) groups excluding carboxylic acids is 2. The zero-order valence-electron chi connectivity index (χ0n) is 14.1. The van der Waals surface area contributed by atoms with Crippen molar-refractivity contribution in [1.82, 2.24) is 9.80 Å². The number of likely N-dealkylation sites (N-methyl/N-ethyl adjacent to an activating group) is 1. The number of rotatable bonds is 5. The molecular formula is C17H23F2N3O2. The molecule has 7 heteroatoms. The molecule has 0 radical (unpaired) electrons. The highest BCUT2D eigenvalue weighted by molar-refractivity contribution is 5.92. The van der Waals surface area contributed by atoms with E-state index < -0.39 is 11.6 Å². The van der Waals surface area contributed by atoms with Crippen LogP contribution in [0.4, 0.5) is 14.5 Å². The molecule has 2 amide bonds. The number of anilines is 1. The van der Waals surface area contributed by atoms with Gasteiger partial charge < -0.3 is 14.7 Å². The second kappa shape index (κ2) is 8.19. The van der Waals surface area contributed by atoms with Crippen LogP contribution in [0.2, 0.25) is 0 Å². The molecule has 1 heterocycles. The summed E-state index contributed by atoms with van der Waals surface area (Å²) in [6.45, 7) is 7.60. The van der Waals surface area contributed by atoms with Gasteiger partial charge in [-0.1, -0.05) is 6.92 Å². The minimum atomic E-state index is -1.01. The fourth-order valence-electron chi connectivity index (χ4n) is 2.80. The summed E-state index contributed by atoms with van der Waals surface area (Å²) in [5.74, 6) is -2.32. The lowest BCUT2D eigenvalue weighted by Gasteiger charge is -2.34. The van der Waals surface area contributed by atoms with Crippen molar-refractivity contribution in [3.05, 3.63) is 29.8 Å². The molecule has 1 fully saturated rings. The van der Waals surface area contributed by atoms with Gasteiger partial charge in [0.05, 0.1) is 0 Å². The number of hydrogen-bond donors (Lipinski definition) is 0. The maximum absolute atomic E-state index is 13.4. The smallest absolute Gasteiger partial charge is 0.224 e. The Morgan fingerprint density at radius 2 is 1.79 bits per heavy atom. The SMILES string of the molecule is CCN1CCN(C(=O)CCN(C(C)=O)c2ccc(F)c(F)c2)CC1. The van der Waals surface area contributed by atoms with E-state index in [4.69, 9.17) is 0 Å². The van der Waals surface area contributed by atoms with Gasteiger partial charge in [-0.3, -0.25) is 9.59 Å². The van der Waals surface area contributed by atoms with Crippen LogP contribution < -0.4 is 4.90 Å². The lowest BCUT2D eigenvalue weighted by molar-refractivity contribution is -0.132. The van der Waals surface area contributed by atoms with E-state index in [-0.39, 0.29) is 30.5 Å². The molecule has 0 unspecified atom stereocenters. The predicted octanol–water partition coefficient (Wildman–Crippen LogP) is 1.87. The monoisotopic (exact) mass is 339 g/mol. The third kappa shape index (κ3) is 4.50. The Morgan fingerprint density at radius 1 is 1.12 bits per heavy atom. The van der Waals surface area contributed by atoms with E-state index in [1.165, 1.54) is 17.9 Å². The van der Waals surface area contributed by atoms with E-state index in [2.05, 4.69) is 11.8 Å². The van der Waals surface area contributed by atoms with Crippen LogP contribution in [-0.4, -0.2) is 60.9 Å².